The van der Waals surface area contributed by atoms with Crippen LogP contribution in [-0.2, 0) is 11.0 Å². The standard InChI is InChI=1S/C16H26N2/c1-15(2,3)12-6-8-13(9-7-12)16(18)10-4-5-14(17)11-16/h6-9,14H,4-5,10-11,17-18H2,1-3H3. The maximum Gasteiger partial charge on any atom is 0.0424 e. The molecule has 18 heavy (non-hydrogen) atoms. The van der Waals surface area contributed by atoms with Crippen LogP contribution >= 0.6 is 0 Å². The lowest BCUT2D eigenvalue weighted by atomic mass is 9.75. The van der Waals surface area contributed by atoms with Crippen molar-refractivity contribution in [2.45, 2.75) is 63.5 Å². The van der Waals surface area contributed by atoms with Crippen molar-refractivity contribution in [1.29, 1.82) is 0 Å². The summed E-state index contributed by atoms with van der Waals surface area (Å²) in [5.74, 6) is 0. The Morgan fingerprint density at radius 1 is 1.17 bits per heavy atom. The van der Waals surface area contributed by atoms with E-state index in [0.29, 0.717) is 0 Å². The van der Waals surface area contributed by atoms with E-state index in [1.54, 1.807) is 0 Å². The minimum Gasteiger partial charge on any atom is -0.328 e. The fourth-order valence-corrected chi connectivity index (χ4v) is 2.92. The number of rotatable bonds is 1. The Kier molecular flexibility index (Phi) is 3.52. The van der Waals surface area contributed by atoms with Gasteiger partial charge in [-0.2, -0.15) is 0 Å². The van der Waals surface area contributed by atoms with Crippen molar-refractivity contribution in [3.8, 4) is 0 Å². The highest BCUT2D eigenvalue weighted by Gasteiger charge is 2.33. The van der Waals surface area contributed by atoms with Gasteiger partial charge in [0.2, 0.25) is 0 Å². The van der Waals surface area contributed by atoms with Crippen LogP contribution in [0.5, 0.6) is 0 Å². The predicted molar refractivity (Wildman–Crippen MR) is 77.5 cm³/mol. The van der Waals surface area contributed by atoms with Crippen LogP contribution in [0.15, 0.2) is 24.3 Å². The average molecular weight is 246 g/mol. The third kappa shape index (κ3) is 2.76. The van der Waals surface area contributed by atoms with Gasteiger partial charge in [0.1, 0.15) is 0 Å². The molecule has 1 aromatic carbocycles. The van der Waals surface area contributed by atoms with Crippen molar-refractivity contribution in [2.24, 2.45) is 11.5 Å². The van der Waals surface area contributed by atoms with Crippen LogP contribution in [0.3, 0.4) is 0 Å². The summed E-state index contributed by atoms with van der Waals surface area (Å²) in [4.78, 5) is 0. The molecule has 0 bridgehead atoms. The Balaban J connectivity index is 2.23. The summed E-state index contributed by atoms with van der Waals surface area (Å²) in [5.41, 5.74) is 15.2. The summed E-state index contributed by atoms with van der Waals surface area (Å²) in [6, 6.07) is 9.07. The monoisotopic (exact) mass is 246 g/mol. The summed E-state index contributed by atoms with van der Waals surface area (Å²) >= 11 is 0. The number of nitrogens with two attached hydrogens (primary N) is 2. The fourth-order valence-electron chi connectivity index (χ4n) is 2.92. The molecule has 2 unspecified atom stereocenters. The summed E-state index contributed by atoms with van der Waals surface area (Å²) in [6.45, 7) is 6.70. The molecule has 0 aliphatic heterocycles. The third-order valence-corrected chi connectivity index (χ3v) is 4.15. The molecule has 0 aromatic heterocycles. The molecule has 1 aromatic rings. The molecule has 0 amide bonds. The van der Waals surface area contributed by atoms with Gasteiger partial charge in [-0.3, -0.25) is 0 Å². The fraction of sp³-hybridized carbons (Fsp3) is 0.625. The van der Waals surface area contributed by atoms with E-state index in [-0.39, 0.29) is 17.0 Å². The van der Waals surface area contributed by atoms with E-state index in [0.717, 1.165) is 25.7 Å². The lowest BCUT2D eigenvalue weighted by Gasteiger charge is -2.37. The minimum absolute atomic E-state index is 0.198. The molecule has 100 valence electrons. The average Bonchev–Trinajstić information content (AvgIpc) is 2.28. The molecule has 0 heterocycles. The molecular formula is C16H26N2. The molecule has 1 aliphatic carbocycles. The number of hydrogen-bond donors (Lipinski definition) is 2. The summed E-state index contributed by atoms with van der Waals surface area (Å²) < 4.78 is 0. The van der Waals surface area contributed by atoms with Gasteiger partial charge in [-0.1, -0.05) is 45.0 Å². The van der Waals surface area contributed by atoms with Crippen molar-refractivity contribution < 1.29 is 0 Å². The second-order valence-electron chi connectivity index (χ2n) is 6.84. The lowest BCUT2D eigenvalue weighted by molar-refractivity contribution is 0.273. The van der Waals surface area contributed by atoms with E-state index >= 15 is 0 Å². The predicted octanol–water partition coefficient (Wildman–Crippen LogP) is 3.04. The quantitative estimate of drug-likeness (QED) is 0.800. The normalized spacial score (nSPS) is 29.3. The summed E-state index contributed by atoms with van der Waals surface area (Å²) in [6.07, 6.45) is 4.20. The van der Waals surface area contributed by atoms with Crippen molar-refractivity contribution in [3.63, 3.8) is 0 Å². The number of hydrogen-bond acceptors (Lipinski definition) is 2. The smallest absolute Gasteiger partial charge is 0.0424 e. The van der Waals surface area contributed by atoms with Gasteiger partial charge < -0.3 is 11.5 Å². The minimum atomic E-state index is -0.214. The third-order valence-electron chi connectivity index (χ3n) is 4.15. The van der Waals surface area contributed by atoms with E-state index < -0.39 is 0 Å². The molecule has 2 atom stereocenters. The Hall–Kier alpha value is -0.860. The van der Waals surface area contributed by atoms with E-state index in [1.165, 1.54) is 11.1 Å². The van der Waals surface area contributed by atoms with Crippen LogP contribution in [0.25, 0.3) is 0 Å². The number of benzene rings is 1. The van der Waals surface area contributed by atoms with Crippen LogP contribution in [-0.4, -0.2) is 6.04 Å². The molecule has 2 nitrogen and oxygen atoms in total. The first kappa shape index (κ1) is 13.6. The van der Waals surface area contributed by atoms with Crippen molar-refractivity contribution in [2.75, 3.05) is 0 Å². The zero-order valence-electron chi connectivity index (χ0n) is 11.9. The van der Waals surface area contributed by atoms with Gasteiger partial charge in [-0.05, 0) is 42.2 Å². The highest BCUT2D eigenvalue weighted by atomic mass is 14.8. The molecular weight excluding hydrogens is 220 g/mol. The van der Waals surface area contributed by atoms with Gasteiger partial charge in [-0.15, -0.1) is 0 Å². The topological polar surface area (TPSA) is 52.0 Å². The van der Waals surface area contributed by atoms with Crippen LogP contribution < -0.4 is 11.5 Å². The molecule has 2 heteroatoms. The highest BCUT2D eigenvalue weighted by molar-refractivity contribution is 5.32. The lowest BCUT2D eigenvalue weighted by Crippen LogP contribution is -2.45. The van der Waals surface area contributed by atoms with Gasteiger partial charge in [0.15, 0.2) is 0 Å². The Morgan fingerprint density at radius 3 is 2.28 bits per heavy atom. The molecule has 1 aliphatic rings. The van der Waals surface area contributed by atoms with E-state index in [1.807, 2.05) is 0 Å². The molecule has 1 fully saturated rings. The van der Waals surface area contributed by atoms with Crippen LogP contribution in [0.1, 0.15) is 57.6 Å². The van der Waals surface area contributed by atoms with Crippen molar-refractivity contribution in [1.82, 2.24) is 0 Å². The van der Waals surface area contributed by atoms with Gasteiger partial charge >= 0.3 is 0 Å². The van der Waals surface area contributed by atoms with Crippen LogP contribution in [0.4, 0.5) is 0 Å². The van der Waals surface area contributed by atoms with Crippen molar-refractivity contribution in [3.05, 3.63) is 35.4 Å². The first-order valence-electron chi connectivity index (χ1n) is 6.97. The molecule has 2 rings (SSSR count). The second-order valence-corrected chi connectivity index (χ2v) is 6.84. The Labute approximate surface area is 111 Å². The van der Waals surface area contributed by atoms with Crippen LogP contribution in [0.2, 0.25) is 0 Å². The van der Waals surface area contributed by atoms with Gasteiger partial charge in [0.05, 0.1) is 0 Å². The zero-order valence-corrected chi connectivity index (χ0v) is 11.9. The van der Waals surface area contributed by atoms with Crippen molar-refractivity contribution >= 4 is 0 Å². The van der Waals surface area contributed by atoms with Gasteiger partial charge in [-0.25, -0.2) is 0 Å². The summed E-state index contributed by atoms with van der Waals surface area (Å²) in [7, 11) is 0. The maximum absolute atomic E-state index is 6.55. The maximum atomic E-state index is 6.55. The zero-order chi connectivity index (χ0) is 13.4. The molecule has 0 spiro atoms. The van der Waals surface area contributed by atoms with E-state index in [2.05, 4.69) is 45.0 Å². The Morgan fingerprint density at radius 2 is 1.78 bits per heavy atom. The van der Waals surface area contributed by atoms with E-state index in [4.69, 9.17) is 11.5 Å². The molecule has 1 saturated carbocycles. The largest absolute Gasteiger partial charge is 0.328 e. The molecule has 4 N–H and O–H groups in total. The van der Waals surface area contributed by atoms with Gasteiger partial charge in [0.25, 0.3) is 0 Å². The molecule has 0 radical (unpaired) electrons. The highest BCUT2D eigenvalue weighted by Crippen LogP contribution is 2.35. The first-order chi connectivity index (χ1) is 8.31. The Bertz CT molecular complexity index is 402. The van der Waals surface area contributed by atoms with Crippen LogP contribution in [0, 0.1) is 0 Å². The summed E-state index contributed by atoms with van der Waals surface area (Å²) in [5, 5.41) is 0. The second kappa shape index (κ2) is 4.67. The van der Waals surface area contributed by atoms with Gasteiger partial charge in [0, 0.05) is 11.6 Å². The molecule has 0 saturated heterocycles. The SMILES string of the molecule is CC(C)(C)c1ccc(C2(N)CCCC(N)C2)cc1. The van der Waals surface area contributed by atoms with E-state index in [9.17, 15) is 0 Å². The first-order valence-corrected chi connectivity index (χ1v) is 6.97.